The third kappa shape index (κ3) is 3.37. The van der Waals surface area contributed by atoms with Crippen molar-refractivity contribution in [2.24, 2.45) is 0 Å². The molecular formula is C12H12F2N4O3. The summed E-state index contributed by atoms with van der Waals surface area (Å²) in [5, 5.41) is 19.5. The number of halogens is 2. The van der Waals surface area contributed by atoms with Crippen LogP contribution in [0.3, 0.4) is 0 Å². The number of carbonyl (C=O) groups is 1. The van der Waals surface area contributed by atoms with Gasteiger partial charge in [0.05, 0.1) is 24.6 Å². The van der Waals surface area contributed by atoms with Gasteiger partial charge in [0.1, 0.15) is 0 Å². The lowest BCUT2D eigenvalue weighted by atomic mass is 10.2. The van der Waals surface area contributed by atoms with Gasteiger partial charge in [-0.05, 0) is 22.6 Å². The summed E-state index contributed by atoms with van der Waals surface area (Å²) in [7, 11) is 1.35. The highest BCUT2D eigenvalue weighted by molar-refractivity contribution is 5.67. The van der Waals surface area contributed by atoms with Gasteiger partial charge in [0.15, 0.2) is 17.5 Å². The van der Waals surface area contributed by atoms with Crippen molar-refractivity contribution in [1.29, 1.82) is 0 Å². The summed E-state index contributed by atoms with van der Waals surface area (Å²) in [6, 6.07) is 3.65. The van der Waals surface area contributed by atoms with E-state index in [-0.39, 0.29) is 24.4 Å². The van der Waals surface area contributed by atoms with Crippen LogP contribution in [0.1, 0.15) is 6.42 Å². The second kappa shape index (κ2) is 6.35. The maximum absolute atomic E-state index is 13.8. The Kier molecular flexibility index (Phi) is 4.53. The minimum atomic E-state index is -1.07. The maximum atomic E-state index is 13.8. The highest BCUT2D eigenvalue weighted by Gasteiger charge is 2.20. The zero-order valence-corrected chi connectivity index (χ0v) is 11.0. The molecule has 2 rings (SSSR count). The summed E-state index contributed by atoms with van der Waals surface area (Å²) in [6.45, 7) is 0.00108. The largest absolute Gasteiger partial charge is 0.481 e. The quantitative estimate of drug-likeness (QED) is 0.859. The van der Waals surface area contributed by atoms with Crippen LogP contribution in [0, 0.1) is 11.6 Å². The van der Waals surface area contributed by atoms with Gasteiger partial charge in [0.25, 0.3) is 0 Å². The van der Waals surface area contributed by atoms with Gasteiger partial charge in [0.2, 0.25) is 0 Å². The van der Waals surface area contributed by atoms with E-state index in [2.05, 4.69) is 15.5 Å². The van der Waals surface area contributed by atoms with Crippen LogP contribution in [0.15, 0.2) is 18.2 Å². The minimum Gasteiger partial charge on any atom is -0.481 e. The average molecular weight is 298 g/mol. The highest BCUT2D eigenvalue weighted by atomic mass is 19.2. The van der Waals surface area contributed by atoms with Gasteiger partial charge in [-0.25, -0.2) is 13.5 Å². The van der Waals surface area contributed by atoms with Crippen molar-refractivity contribution in [2.75, 3.05) is 7.11 Å². The highest BCUT2D eigenvalue weighted by Crippen LogP contribution is 2.22. The third-order valence-electron chi connectivity index (χ3n) is 2.84. The number of aromatic nitrogens is 4. The first-order chi connectivity index (χ1) is 10.0. The second-order valence-corrected chi connectivity index (χ2v) is 4.24. The number of nitrogens with zero attached hydrogens (tertiary/aromatic N) is 4. The molecule has 1 aromatic carbocycles. The summed E-state index contributed by atoms with van der Waals surface area (Å²) >= 11 is 0. The van der Waals surface area contributed by atoms with Gasteiger partial charge < -0.3 is 9.84 Å². The van der Waals surface area contributed by atoms with E-state index in [1.165, 1.54) is 23.9 Å². The number of rotatable bonds is 6. The Labute approximate surface area is 118 Å². The molecule has 1 unspecified atom stereocenters. The molecule has 0 radical (unpaired) electrons. The Morgan fingerprint density at radius 1 is 1.48 bits per heavy atom. The lowest BCUT2D eigenvalue weighted by molar-refractivity contribution is -0.140. The third-order valence-corrected chi connectivity index (χ3v) is 2.84. The van der Waals surface area contributed by atoms with Crippen LogP contribution in [0.5, 0.6) is 0 Å². The molecule has 7 nitrogen and oxygen atoms in total. The zero-order chi connectivity index (χ0) is 15.4. The molecule has 0 bridgehead atoms. The van der Waals surface area contributed by atoms with E-state index in [0.29, 0.717) is 0 Å². The number of hydrogen-bond acceptors (Lipinski definition) is 5. The van der Waals surface area contributed by atoms with Gasteiger partial charge in [0, 0.05) is 7.11 Å². The number of tetrazole rings is 1. The first-order valence-corrected chi connectivity index (χ1v) is 5.98. The Morgan fingerprint density at radius 3 is 2.90 bits per heavy atom. The summed E-state index contributed by atoms with van der Waals surface area (Å²) in [5.74, 6) is -3.13. The summed E-state index contributed by atoms with van der Waals surface area (Å²) in [4.78, 5) is 10.7. The van der Waals surface area contributed by atoms with Crippen molar-refractivity contribution in [3.63, 3.8) is 0 Å². The molecule has 0 aliphatic heterocycles. The van der Waals surface area contributed by atoms with Gasteiger partial charge in [-0.1, -0.05) is 6.07 Å². The molecule has 9 heteroatoms. The summed E-state index contributed by atoms with van der Waals surface area (Å²) < 4.78 is 33.2. The summed E-state index contributed by atoms with van der Waals surface area (Å²) in [6.07, 6.45) is -0.956. The molecule has 0 aliphatic carbocycles. The Balaban J connectivity index is 2.30. The normalized spacial score (nSPS) is 12.3. The number of methoxy groups -OCH3 is 1. The molecule has 112 valence electrons. The van der Waals surface area contributed by atoms with Crippen LogP contribution in [0.2, 0.25) is 0 Å². The topological polar surface area (TPSA) is 90.1 Å². The Morgan fingerprint density at radius 2 is 2.24 bits per heavy atom. The predicted octanol–water partition coefficient (Wildman–Crippen LogP) is 1.11. The molecule has 0 saturated heterocycles. The molecule has 0 saturated carbocycles. The maximum Gasteiger partial charge on any atom is 0.306 e. The first kappa shape index (κ1) is 15.0. The van der Waals surface area contributed by atoms with Crippen LogP contribution in [0.25, 0.3) is 11.4 Å². The van der Waals surface area contributed by atoms with E-state index >= 15 is 0 Å². The molecule has 1 atom stereocenters. The fourth-order valence-corrected chi connectivity index (χ4v) is 1.81. The molecule has 0 fully saturated rings. The second-order valence-electron chi connectivity index (χ2n) is 4.24. The van der Waals surface area contributed by atoms with E-state index in [1.807, 2.05) is 0 Å². The van der Waals surface area contributed by atoms with Crippen molar-refractivity contribution >= 4 is 5.97 Å². The monoisotopic (exact) mass is 298 g/mol. The van der Waals surface area contributed by atoms with Gasteiger partial charge >= 0.3 is 5.97 Å². The van der Waals surface area contributed by atoms with Crippen molar-refractivity contribution in [3.8, 4) is 11.4 Å². The Hall–Kier alpha value is -2.42. The predicted molar refractivity (Wildman–Crippen MR) is 66.2 cm³/mol. The van der Waals surface area contributed by atoms with Crippen molar-refractivity contribution in [1.82, 2.24) is 20.2 Å². The lowest BCUT2D eigenvalue weighted by Crippen LogP contribution is -2.23. The number of ether oxygens (including phenoxy) is 1. The average Bonchev–Trinajstić information content (AvgIpc) is 2.88. The van der Waals surface area contributed by atoms with E-state index in [1.54, 1.807) is 0 Å². The molecule has 1 aromatic heterocycles. The number of aliphatic carboxylic acids is 1. The van der Waals surface area contributed by atoms with Crippen LogP contribution in [0.4, 0.5) is 8.78 Å². The van der Waals surface area contributed by atoms with Gasteiger partial charge in [-0.15, -0.1) is 5.10 Å². The Bertz CT molecular complexity index is 647. The van der Waals surface area contributed by atoms with Crippen LogP contribution in [-0.4, -0.2) is 44.5 Å². The van der Waals surface area contributed by atoms with Gasteiger partial charge in [-0.2, -0.15) is 0 Å². The minimum absolute atomic E-state index is 0.000520. The molecule has 2 aromatic rings. The molecule has 1 heterocycles. The van der Waals surface area contributed by atoms with Crippen molar-refractivity contribution < 1.29 is 23.4 Å². The van der Waals surface area contributed by atoms with E-state index in [4.69, 9.17) is 9.84 Å². The van der Waals surface area contributed by atoms with E-state index in [0.717, 1.165) is 6.07 Å². The van der Waals surface area contributed by atoms with Gasteiger partial charge in [-0.3, -0.25) is 4.79 Å². The lowest BCUT2D eigenvalue weighted by Gasteiger charge is -2.13. The van der Waals surface area contributed by atoms with Crippen LogP contribution >= 0.6 is 0 Å². The van der Waals surface area contributed by atoms with E-state index < -0.39 is 23.7 Å². The first-order valence-electron chi connectivity index (χ1n) is 5.98. The molecular weight excluding hydrogens is 286 g/mol. The SMILES string of the molecule is COC(CC(=O)O)Cn1nnnc1-c1cccc(F)c1F. The smallest absolute Gasteiger partial charge is 0.306 e. The van der Waals surface area contributed by atoms with Crippen LogP contribution in [-0.2, 0) is 16.1 Å². The zero-order valence-electron chi connectivity index (χ0n) is 11.0. The van der Waals surface area contributed by atoms with Crippen molar-refractivity contribution in [2.45, 2.75) is 19.1 Å². The number of carboxylic acid groups (broad SMARTS) is 1. The standard InChI is InChI=1S/C12H12F2N4O3/c1-21-7(5-10(19)20)6-18-12(15-16-17-18)8-3-2-4-9(13)11(8)14/h2-4,7H,5-6H2,1H3,(H,19,20). The summed E-state index contributed by atoms with van der Waals surface area (Å²) in [5.41, 5.74) is -0.106. The van der Waals surface area contributed by atoms with Crippen molar-refractivity contribution in [3.05, 3.63) is 29.8 Å². The number of hydrogen-bond donors (Lipinski definition) is 1. The van der Waals surface area contributed by atoms with E-state index in [9.17, 15) is 13.6 Å². The molecule has 0 spiro atoms. The molecule has 1 N–H and O–H groups in total. The molecule has 0 aliphatic rings. The number of carboxylic acids is 1. The molecule has 21 heavy (non-hydrogen) atoms. The number of benzene rings is 1. The fraction of sp³-hybridized carbons (Fsp3) is 0.333. The fourth-order valence-electron chi connectivity index (χ4n) is 1.81. The van der Waals surface area contributed by atoms with Crippen LogP contribution < -0.4 is 0 Å². The molecule has 0 amide bonds.